The summed E-state index contributed by atoms with van der Waals surface area (Å²) in [5, 5.41) is 17.1. The van der Waals surface area contributed by atoms with E-state index in [1.807, 2.05) is 19.1 Å². The van der Waals surface area contributed by atoms with Gasteiger partial charge in [0.2, 0.25) is 5.91 Å². The molecule has 3 atom stereocenters. The summed E-state index contributed by atoms with van der Waals surface area (Å²) in [4.78, 5) is 16.3. The molecule has 3 aromatic rings. The number of aliphatic hydroxyl groups is 1. The van der Waals surface area contributed by atoms with Crippen LogP contribution in [0.4, 0.5) is 8.78 Å². The van der Waals surface area contributed by atoms with Crippen LogP contribution in [-0.4, -0.2) is 34.7 Å². The van der Waals surface area contributed by atoms with Gasteiger partial charge in [-0.2, -0.15) is 0 Å². The summed E-state index contributed by atoms with van der Waals surface area (Å²) >= 11 is 0. The van der Waals surface area contributed by atoms with E-state index < -0.39 is 23.8 Å². The fraction of sp³-hybridized carbons (Fsp3) is 0.357. The summed E-state index contributed by atoms with van der Waals surface area (Å²) in [5.74, 6) is -1.69. The Balaban J connectivity index is 1.49. The quantitative estimate of drug-likeness (QED) is 0.448. The highest BCUT2D eigenvalue weighted by molar-refractivity contribution is 5.73. The van der Waals surface area contributed by atoms with E-state index in [-0.39, 0.29) is 24.9 Å². The highest BCUT2D eigenvalue weighted by atomic mass is 19.1. The average molecular weight is 480 g/mol. The summed E-state index contributed by atoms with van der Waals surface area (Å²) in [6, 6.07) is 13.0. The number of pyridine rings is 1. The number of hydrogen-bond donors (Lipinski definition) is 3. The molecule has 3 N–H and O–H groups in total. The van der Waals surface area contributed by atoms with E-state index in [0.29, 0.717) is 5.56 Å². The number of aromatic nitrogens is 1. The minimum atomic E-state index is -0.947. The number of hydrogen-bond acceptors (Lipinski definition) is 4. The maximum absolute atomic E-state index is 13.6. The molecular weight excluding hydrogens is 448 g/mol. The van der Waals surface area contributed by atoms with Crippen LogP contribution in [0.25, 0.3) is 11.3 Å². The second kappa shape index (κ2) is 11.1. The van der Waals surface area contributed by atoms with Crippen LogP contribution in [0.2, 0.25) is 0 Å². The third-order valence-electron chi connectivity index (χ3n) is 6.55. The first kappa shape index (κ1) is 24.9. The molecule has 5 nitrogen and oxygen atoms in total. The maximum Gasteiger partial charge on any atom is 0.217 e. The van der Waals surface area contributed by atoms with E-state index in [1.54, 1.807) is 6.20 Å². The molecule has 0 radical (unpaired) electrons. The molecule has 1 aromatic heterocycles. The molecule has 0 saturated carbocycles. The molecule has 35 heavy (non-hydrogen) atoms. The van der Waals surface area contributed by atoms with Crippen molar-refractivity contribution in [2.24, 2.45) is 0 Å². The maximum atomic E-state index is 13.6. The Kier molecular flexibility index (Phi) is 7.88. The zero-order valence-corrected chi connectivity index (χ0v) is 20.0. The Morgan fingerprint density at radius 2 is 1.94 bits per heavy atom. The van der Waals surface area contributed by atoms with Crippen LogP contribution in [0.3, 0.4) is 0 Å². The number of amides is 1. The van der Waals surface area contributed by atoms with Crippen molar-refractivity contribution < 1.29 is 18.7 Å². The van der Waals surface area contributed by atoms with Gasteiger partial charge in [0.15, 0.2) is 0 Å². The topological polar surface area (TPSA) is 74.2 Å². The number of rotatable bonds is 8. The third kappa shape index (κ3) is 6.29. The Morgan fingerprint density at radius 3 is 2.66 bits per heavy atom. The summed E-state index contributed by atoms with van der Waals surface area (Å²) < 4.78 is 27.3. The summed E-state index contributed by atoms with van der Waals surface area (Å²) in [7, 11) is 0. The highest BCUT2D eigenvalue weighted by Crippen LogP contribution is 2.33. The molecule has 7 heteroatoms. The van der Waals surface area contributed by atoms with Gasteiger partial charge in [0.25, 0.3) is 0 Å². The van der Waals surface area contributed by atoms with Gasteiger partial charge < -0.3 is 15.7 Å². The van der Waals surface area contributed by atoms with Crippen LogP contribution >= 0.6 is 0 Å². The third-order valence-corrected chi connectivity index (χ3v) is 6.55. The number of aryl methyl sites for hydroxylation is 2. The molecule has 1 aliphatic carbocycles. The number of nitrogens with one attached hydrogen (secondary N) is 2. The molecule has 1 heterocycles. The van der Waals surface area contributed by atoms with Crippen molar-refractivity contribution >= 4 is 5.91 Å². The van der Waals surface area contributed by atoms with E-state index in [4.69, 9.17) is 0 Å². The second-order valence-corrected chi connectivity index (χ2v) is 9.29. The first-order chi connectivity index (χ1) is 16.8. The number of carbonyl (C=O) groups excluding carboxylic acids is 1. The van der Waals surface area contributed by atoms with E-state index in [0.717, 1.165) is 42.1 Å². The standard InChI is InChI=1S/C28H31F2N3O2/c1-17-5-4-10-31-28(17)21-9-8-20-6-3-7-25(24(20)14-21)32-16-27(35)26(33-18(2)34)13-19-11-22(29)15-23(30)12-19/h4-5,8-12,14-15,25-27,32,35H,3,6-7,13,16H2,1-2H3,(H,33,34)/t25?,26-,27+/m0/s1. The van der Waals surface area contributed by atoms with Gasteiger partial charge in [-0.3, -0.25) is 9.78 Å². The van der Waals surface area contributed by atoms with E-state index in [1.165, 1.54) is 30.2 Å². The molecule has 1 amide bonds. The van der Waals surface area contributed by atoms with Crippen molar-refractivity contribution in [1.82, 2.24) is 15.6 Å². The summed E-state index contributed by atoms with van der Waals surface area (Å²) in [5.41, 5.74) is 5.95. The molecule has 1 aliphatic rings. The van der Waals surface area contributed by atoms with Crippen LogP contribution in [0, 0.1) is 18.6 Å². The zero-order valence-electron chi connectivity index (χ0n) is 20.0. The predicted octanol–water partition coefficient (Wildman–Crippen LogP) is 4.41. The molecule has 1 unspecified atom stereocenters. The first-order valence-corrected chi connectivity index (χ1v) is 12.0. The van der Waals surface area contributed by atoms with Gasteiger partial charge in [-0.05, 0) is 79.1 Å². The number of fused-ring (bicyclic) bond motifs is 1. The molecule has 0 saturated heterocycles. The molecule has 0 bridgehead atoms. The molecule has 184 valence electrons. The molecule has 0 aliphatic heterocycles. The van der Waals surface area contributed by atoms with Gasteiger partial charge in [-0.15, -0.1) is 0 Å². The smallest absolute Gasteiger partial charge is 0.217 e. The number of halogens is 2. The molecule has 2 aromatic carbocycles. The van der Waals surface area contributed by atoms with Crippen molar-refractivity contribution in [3.8, 4) is 11.3 Å². The average Bonchev–Trinajstić information content (AvgIpc) is 2.81. The Hall–Kier alpha value is -3.16. The Morgan fingerprint density at radius 1 is 1.17 bits per heavy atom. The lowest BCUT2D eigenvalue weighted by Crippen LogP contribution is -2.48. The minimum Gasteiger partial charge on any atom is -0.390 e. The minimum absolute atomic E-state index is 0.0435. The van der Waals surface area contributed by atoms with Crippen LogP contribution in [0.5, 0.6) is 0 Å². The Labute approximate surface area is 204 Å². The van der Waals surface area contributed by atoms with Crippen molar-refractivity contribution in [1.29, 1.82) is 0 Å². The zero-order chi connectivity index (χ0) is 24.9. The monoisotopic (exact) mass is 479 g/mol. The van der Waals surface area contributed by atoms with Gasteiger partial charge in [0.1, 0.15) is 11.6 Å². The normalized spacial score (nSPS) is 16.9. The second-order valence-electron chi connectivity index (χ2n) is 9.29. The highest BCUT2D eigenvalue weighted by Gasteiger charge is 2.25. The Bertz CT molecular complexity index is 1180. The lowest BCUT2D eigenvalue weighted by atomic mass is 9.85. The van der Waals surface area contributed by atoms with Gasteiger partial charge >= 0.3 is 0 Å². The van der Waals surface area contributed by atoms with Crippen molar-refractivity contribution in [3.05, 3.63) is 88.6 Å². The predicted molar refractivity (Wildman–Crippen MR) is 132 cm³/mol. The molecule has 4 rings (SSSR count). The molecule has 0 fully saturated rings. The largest absolute Gasteiger partial charge is 0.390 e. The molecular formula is C28H31F2N3O2. The lowest BCUT2D eigenvalue weighted by molar-refractivity contribution is -0.120. The molecule has 0 spiro atoms. The number of nitrogens with zero attached hydrogens (tertiary/aromatic N) is 1. The fourth-order valence-electron chi connectivity index (χ4n) is 4.88. The van der Waals surface area contributed by atoms with Crippen LogP contribution in [0.1, 0.15) is 48.1 Å². The number of benzene rings is 2. The van der Waals surface area contributed by atoms with Gasteiger partial charge in [-0.1, -0.05) is 18.2 Å². The van der Waals surface area contributed by atoms with Crippen molar-refractivity contribution in [3.63, 3.8) is 0 Å². The van der Waals surface area contributed by atoms with Gasteiger partial charge in [0.05, 0.1) is 17.8 Å². The van der Waals surface area contributed by atoms with E-state index in [2.05, 4.69) is 33.8 Å². The fourth-order valence-corrected chi connectivity index (χ4v) is 4.88. The van der Waals surface area contributed by atoms with Crippen LogP contribution < -0.4 is 10.6 Å². The van der Waals surface area contributed by atoms with Crippen molar-refractivity contribution in [2.75, 3.05) is 6.54 Å². The van der Waals surface area contributed by atoms with Gasteiger partial charge in [0, 0.05) is 37.3 Å². The van der Waals surface area contributed by atoms with Crippen LogP contribution in [-0.2, 0) is 17.6 Å². The van der Waals surface area contributed by atoms with Gasteiger partial charge in [-0.25, -0.2) is 8.78 Å². The van der Waals surface area contributed by atoms with Crippen LogP contribution in [0.15, 0.2) is 54.7 Å². The van der Waals surface area contributed by atoms with E-state index in [9.17, 15) is 18.7 Å². The summed E-state index contributed by atoms with van der Waals surface area (Å²) in [6.45, 7) is 3.62. The van der Waals surface area contributed by atoms with Crippen molar-refractivity contribution in [2.45, 2.75) is 57.7 Å². The number of carbonyl (C=O) groups is 1. The first-order valence-electron chi connectivity index (χ1n) is 12.0. The van der Waals surface area contributed by atoms with E-state index >= 15 is 0 Å². The summed E-state index contributed by atoms with van der Waals surface area (Å²) in [6.07, 6.45) is 3.90. The SMILES string of the molecule is CC(=O)N[C@@H](Cc1cc(F)cc(F)c1)[C@H](O)CNC1CCCc2ccc(-c3ncccc3C)cc21. The lowest BCUT2D eigenvalue weighted by Gasteiger charge is -2.30. The number of aliphatic hydroxyl groups excluding tert-OH is 1.